The molecule has 0 amide bonds. The normalized spacial score (nSPS) is 13.7. The molecule has 0 aromatic carbocycles. The monoisotopic (exact) mass is 208 g/mol. The van der Waals surface area contributed by atoms with Gasteiger partial charge in [0.05, 0.1) is 17.1 Å². The third kappa shape index (κ3) is 3.65. The first-order valence-corrected chi connectivity index (χ1v) is 6.21. The van der Waals surface area contributed by atoms with Crippen molar-refractivity contribution in [1.82, 2.24) is 0 Å². The van der Waals surface area contributed by atoms with Gasteiger partial charge in [-0.05, 0) is 26.2 Å². The van der Waals surface area contributed by atoms with Gasteiger partial charge in [-0.2, -0.15) is 0 Å². The van der Waals surface area contributed by atoms with Crippen LogP contribution >= 0.6 is 0 Å². The standard InChI is InChI=1S/C9H20O3S/c1-8(2)5-6-13(11,12)9(3,4)7-10/h8,10H,5-7H2,1-4H3. The van der Waals surface area contributed by atoms with Gasteiger partial charge in [-0.15, -0.1) is 0 Å². The summed E-state index contributed by atoms with van der Waals surface area (Å²) in [6, 6.07) is 0. The SMILES string of the molecule is CC(C)CCS(=O)(=O)C(C)(C)CO. The van der Waals surface area contributed by atoms with Crippen molar-refractivity contribution in [2.24, 2.45) is 5.92 Å². The zero-order valence-corrected chi connectivity index (χ0v) is 9.69. The second-order valence-electron chi connectivity index (χ2n) is 4.42. The summed E-state index contributed by atoms with van der Waals surface area (Å²) in [6.07, 6.45) is 0.658. The quantitative estimate of drug-likeness (QED) is 0.739. The molecule has 1 N–H and O–H groups in total. The molecule has 0 rings (SSSR count). The Morgan fingerprint density at radius 2 is 1.77 bits per heavy atom. The van der Waals surface area contributed by atoms with Gasteiger partial charge in [0, 0.05) is 0 Å². The van der Waals surface area contributed by atoms with E-state index in [1.54, 1.807) is 13.8 Å². The van der Waals surface area contributed by atoms with Crippen LogP contribution in [0.25, 0.3) is 0 Å². The lowest BCUT2D eigenvalue weighted by atomic mass is 10.2. The average Bonchev–Trinajstić information content (AvgIpc) is 2.01. The Hall–Kier alpha value is -0.0900. The van der Waals surface area contributed by atoms with Crippen molar-refractivity contribution < 1.29 is 13.5 Å². The lowest BCUT2D eigenvalue weighted by Crippen LogP contribution is -2.37. The van der Waals surface area contributed by atoms with Crippen molar-refractivity contribution in [3.05, 3.63) is 0 Å². The van der Waals surface area contributed by atoms with Gasteiger partial charge in [-0.1, -0.05) is 13.8 Å². The Kier molecular flexibility index (Phi) is 4.39. The van der Waals surface area contributed by atoms with E-state index < -0.39 is 14.6 Å². The molecule has 0 heterocycles. The summed E-state index contributed by atoms with van der Waals surface area (Å²) in [4.78, 5) is 0. The van der Waals surface area contributed by atoms with Crippen LogP contribution in [0.2, 0.25) is 0 Å². The van der Waals surface area contributed by atoms with Crippen molar-refractivity contribution in [3.8, 4) is 0 Å². The molecule has 0 aliphatic carbocycles. The molecule has 0 aliphatic rings. The molecule has 4 heteroatoms. The number of rotatable bonds is 5. The van der Waals surface area contributed by atoms with Crippen molar-refractivity contribution >= 4 is 9.84 Å². The highest BCUT2D eigenvalue weighted by Gasteiger charge is 2.32. The van der Waals surface area contributed by atoms with Crippen molar-refractivity contribution in [1.29, 1.82) is 0 Å². The summed E-state index contributed by atoms with van der Waals surface area (Å²) in [5.74, 6) is 0.544. The van der Waals surface area contributed by atoms with E-state index in [4.69, 9.17) is 5.11 Å². The molecule has 3 nitrogen and oxygen atoms in total. The van der Waals surface area contributed by atoms with Crippen LogP contribution in [0.5, 0.6) is 0 Å². The Labute approximate surface area is 81.1 Å². The lowest BCUT2D eigenvalue weighted by molar-refractivity contribution is 0.258. The largest absolute Gasteiger partial charge is 0.395 e. The molecule has 13 heavy (non-hydrogen) atoms. The Morgan fingerprint density at radius 3 is 2.08 bits per heavy atom. The molecule has 0 radical (unpaired) electrons. The molecule has 0 saturated carbocycles. The van der Waals surface area contributed by atoms with E-state index in [0.29, 0.717) is 12.3 Å². The van der Waals surface area contributed by atoms with Crippen LogP contribution < -0.4 is 0 Å². The first kappa shape index (κ1) is 12.9. The van der Waals surface area contributed by atoms with Gasteiger partial charge in [0.15, 0.2) is 9.84 Å². The highest BCUT2D eigenvalue weighted by molar-refractivity contribution is 7.92. The molecule has 0 saturated heterocycles. The summed E-state index contributed by atoms with van der Waals surface area (Å²) in [5, 5.41) is 8.92. The molecule has 0 spiro atoms. The predicted molar refractivity (Wildman–Crippen MR) is 54.4 cm³/mol. The van der Waals surface area contributed by atoms with Crippen molar-refractivity contribution in [3.63, 3.8) is 0 Å². The number of aliphatic hydroxyl groups excluding tert-OH is 1. The zero-order chi connectivity index (χ0) is 10.7. The first-order chi connectivity index (χ1) is 5.73. The van der Waals surface area contributed by atoms with E-state index in [2.05, 4.69) is 0 Å². The van der Waals surface area contributed by atoms with E-state index in [0.717, 1.165) is 0 Å². The third-order valence-electron chi connectivity index (χ3n) is 2.19. The second-order valence-corrected chi connectivity index (χ2v) is 7.16. The minimum absolute atomic E-state index is 0.165. The molecule has 80 valence electrons. The number of hydrogen-bond donors (Lipinski definition) is 1. The minimum Gasteiger partial charge on any atom is -0.395 e. The van der Waals surface area contributed by atoms with E-state index >= 15 is 0 Å². The van der Waals surface area contributed by atoms with Gasteiger partial charge in [-0.25, -0.2) is 8.42 Å². The van der Waals surface area contributed by atoms with Gasteiger partial charge in [0.2, 0.25) is 0 Å². The number of aliphatic hydroxyl groups is 1. The highest BCUT2D eigenvalue weighted by atomic mass is 32.2. The van der Waals surface area contributed by atoms with Crippen LogP contribution in [-0.2, 0) is 9.84 Å². The van der Waals surface area contributed by atoms with Crippen LogP contribution in [0, 0.1) is 5.92 Å². The van der Waals surface area contributed by atoms with E-state index in [1.165, 1.54) is 0 Å². The van der Waals surface area contributed by atoms with E-state index in [9.17, 15) is 8.42 Å². The second kappa shape index (κ2) is 4.42. The maximum absolute atomic E-state index is 11.6. The smallest absolute Gasteiger partial charge is 0.157 e. The van der Waals surface area contributed by atoms with Gasteiger partial charge in [-0.3, -0.25) is 0 Å². The van der Waals surface area contributed by atoms with E-state index in [-0.39, 0.29) is 12.4 Å². The fraction of sp³-hybridized carbons (Fsp3) is 1.00. The van der Waals surface area contributed by atoms with Crippen molar-refractivity contribution in [2.75, 3.05) is 12.4 Å². The summed E-state index contributed by atoms with van der Waals surface area (Å²) in [7, 11) is -3.15. The van der Waals surface area contributed by atoms with Crippen LogP contribution in [0.1, 0.15) is 34.1 Å². The predicted octanol–water partition coefficient (Wildman–Crippen LogP) is 1.22. The van der Waals surface area contributed by atoms with Gasteiger partial charge < -0.3 is 5.11 Å². The fourth-order valence-electron chi connectivity index (χ4n) is 0.765. The molecule has 0 atom stereocenters. The Balaban J connectivity index is 4.42. The Morgan fingerprint density at radius 1 is 1.31 bits per heavy atom. The third-order valence-corrected chi connectivity index (χ3v) is 4.77. The van der Waals surface area contributed by atoms with Crippen LogP contribution in [0.15, 0.2) is 0 Å². The molecule has 0 bridgehead atoms. The van der Waals surface area contributed by atoms with E-state index in [1.807, 2.05) is 13.8 Å². The fourth-order valence-corrected chi connectivity index (χ4v) is 2.30. The van der Waals surface area contributed by atoms with Crippen LogP contribution in [-0.4, -0.2) is 30.6 Å². The van der Waals surface area contributed by atoms with Gasteiger partial charge in [0.1, 0.15) is 0 Å². The Bertz CT molecular complexity index is 240. The lowest BCUT2D eigenvalue weighted by Gasteiger charge is -2.22. The molecular weight excluding hydrogens is 188 g/mol. The van der Waals surface area contributed by atoms with Gasteiger partial charge >= 0.3 is 0 Å². The summed E-state index contributed by atoms with van der Waals surface area (Å²) in [5.41, 5.74) is 0. The molecular formula is C9H20O3S. The summed E-state index contributed by atoms with van der Waals surface area (Å²) >= 11 is 0. The maximum atomic E-state index is 11.6. The molecule has 0 aromatic heterocycles. The minimum atomic E-state index is -3.15. The van der Waals surface area contributed by atoms with Gasteiger partial charge in [0.25, 0.3) is 0 Å². The maximum Gasteiger partial charge on any atom is 0.157 e. The topological polar surface area (TPSA) is 54.4 Å². The molecule has 0 fully saturated rings. The molecule has 0 aliphatic heterocycles. The van der Waals surface area contributed by atoms with Crippen LogP contribution in [0.4, 0.5) is 0 Å². The van der Waals surface area contributed by atoms with Crippen molar-refractivity contribution in [2.45, 2.75) is 38.9 Å². The number of hydrogen-bond acceptors (Lipinski definition) is 3. The summed E-state index contributed by atoms with van der Waals surface area (Å²) in [6.45, 7) is 6.78. The molecule has 0 unspecified atom stereocenters. The highest BCUT2D eigenvalue weighted by Crippen LogP contribution is 2.18. The summed E-state index contributed by atoms with van der Waals surface area (Å²) < 4.78 is 22.3. The molecule has 0 aromatic rings. The average molecular weight is 208 g/mol. The zero-order valence-electron chi connectivity index (χ0n) is 8.87. The number of sulfone groups is 1. The van der Waals surface area contributed by atoms with Crippen LogP contribution in [0.3, 0.4) is 0 Å². The first-order valence-electron chi connectivity index (χ1n) is 4.56.